The molecule has 1 N–H and O–H groups in total. The topological polar surface area (TPSA) is 55.5 Å². The number of aromatic nitrogens is 1. The second-order valence-corrected chi connectivity index (χ2v) is 7.89. The van der Waals surface area contributed by atoms with Gasteiger partial charge in [-0.05, 0) is 49.1 Å². The first-order valence-corrected chi connectivity index (χ1v) is 10.5. The molecule has 148 valence electrons. The van der Waals surface area contributed by atoms with E-state index in [0.29, 0.717) is 17.1 Å². The monoisotopic (exact) mass is 443 g/mol. The maximum atomic E-state index is 10.7. The zero-order valence-corrected chi connectivity index (χ0v) is 18.2. The number of methoxy groups -OCH3 is 1. The predicted molar refractivity (Wildman–Crippen MR) is 116 cm³/mol. The number of nitrogens with zero attached hydrogens (tertiary/aromatic N) is 1. The molecule has 1 aromatic heterocycles. The SMILES string of the molecule is CCCCCCc1cc(-c2onc(C)c2-c2ccc(Br)cc2)c(O)cc1OC. The highest BCUT2D eigenvalue weighted by atomic mass is 79.9. The van der Waals surface area contributed by atoms with Crippen molar-refractivity contribution in [3.05, 3.63) is 52.1 Å². The molecule has 5 heteroatoms. The van der Waals surface area contributed by atoms with Crippen LogP contribution >= 0.6 is 15.9 Å². The first-order valence-electron chi connectivity index (χ1n) is 9.67. The lowest BCUT2D eigenvalue weighted by Crippen LogP contribution is -1.95. The largest absolute Gasteiger partial charge is 0.507 e. The van der Waals surface area contributed by atoms with Gasteiger partial charge in [0.2, 0.25) is 0 Å². The number of aromatic hydroxyl groups is 1. The van der Waals surface area contributed by atoms with Crippen LogP contribution in [0.15, 0.2) is 45.4 Å². The van der Waals surface area contributed by atoms with Crippen molar-refractivity contribution in [1.29, 1.82) is 0 Å². The van der Waals surface area contributed by atoms with E-state index in [1.54, 1.807) is 13.2 Å². The highest BCUT2D eigenvalue weighted by Crippen LogP contribution is 2.42. The average molecular weight is 444 g/mol. The Hall–Kier alpha value is -2.27. The van der Waals surface area contributed by atoms with Gasteiger partial charge in [0.25, 0.3) is 0 Å². The number of unbranched alkanes of at least 4 members (excludes halogenated alkanes) is 3. The van der Waals surface area contributed by atoms with Crippen LogP contribution in [-0.4, -0.2) is 17.4 Å². The smallest absolute Gasteiger partial charge is 0.178 e. The molecule has 0 spiro atoms. The highest BCUT2D eigenvalue weighted by Gasteiger charge is 2.21. The lowest BCUT2D eigenvalue weighted by molar-refractivity contribution is 0.400. The van der Waals surface area contributed by atoms with E-state index in [9.17, 15) is 5.11 Å². The third kappa shape index (κ3) is 4.41. The Balaban J connectivity index is 2.03. The van der Waals surface area contributed by atoms with Crippen LogP contribution in [-0.2, 0) is 6.42 Å². The molecule has 0 bridgehead atoms. The summed E-state index contributed by atoms with van der Waals surface area (Å²) in [6.45, 7) is 4.12. The molecule has 4 nitrogen and oxygen atoms in total. The molecule has 0 radical (unpaired) electrons. The van der Waals surface area contributed by atoms with Crippen molar-refractivity contribution in [3.8, 4) is 33.9 Å². The molecular formula is C23H26BrNO3. The van der Waals surface area contributed by atoms with Crippen molar-refractivity contribution in [2.24, 2.45) is 0 Å². The van der Waals surface area contributed by atoms with Crippen LogP contribution in [0, 0.1) is 6.92 Å². The summed E-state index contributed by atoms with van der Waals surface area (Å²) in [4.78, 5) is 0. The first kappa shape index (κ1) is 20.5. The molecule has 0 atom stereocenters. The maximum absolute atomic E-state index is 10.7. The highest BCUT2D eigenvalue weighted by molar-refractivity contribution is 9.10. The van der Waals surface area contributed by atoms with Gasteiger partial charge in [-0.15, -0.1) is 0 Å². The summed E-state index contributed by atoms with van der Waals surface area (Å²) >= 11 is 3.47. The van der Waals surface area contributed by atoms with E-state index < -0.39 is 0 Å². The minimum absolute atomic E-state index is 0.128. The van der Waals surface area contributed by atoms with Gasteiger partial charge in [0.05, 0.1) is 23.9 Å². The second kappa shape index (κ2) is 9.28. The van der Waals surface area contributed by atoms with Crippen LogP contribution in [0.2, 0.25) is 0 Å². The van der Waals surface area contributed by atoms with E-state index in [0.717, 1.165) is 39.7 Å². The number of phenols is 1. The molecule has 0 amide bonds. The van der Waals surface area contributed by atoms with Gasteiger partial charge in [0.15, 0.2) is 5.76 Å². The molecule has 3 aromatic rings. The molecule has 0 aliphatic rings. The van der Waals surface area contributed by atoms with E-state index in [-0.39, 0.29) is 5.75 Å². The van der Waals surface area contributed by atoms with E-state index >= 15 is 0 Å². The minimum Gasteiger partial charge on any atom is -0.507 e. The van der Waals surface area contributed by atoms with Gasteiger partial charge in [0.1, 0.15) is 11.5 Å². The van der Waals surface area contributed by atoms with Gasteiger partial charge in [0, 0.05) is 10.5 Å². The van der Waals surface area contributed by atoms with Crippen molar-refractivity contribution in [2.75, 3.05) is 7.11 Å². The Morgan fingerprint density at radius 1 is 1.11 bits per heavy atom. The molecule has 0 saturated carbocycles. The van der Waals surface area contributed by atoms with Crippen LogP contribution in [0.5, 0.6) is 11.5 Å². The molecule has 0 fully saturated rings. The number of halogens is 1. The summed E-state index contributed by atoms with van der Waals surface area (Å²) in [6, 6.07) is 11.6. The van der Waals surface area contributed by atoms with Gasteiger partial charge in [-0.1, -0.05) is 59.4 Å². The molecule has 1 heterocycles. The predicted octanol–water partition coefficient (Wildman–Crippen LogP) is 6.92. The van der Waals surface area contributed by atoms with Gasteiger partial charge in [-0.25, -0.2) is 0 Å². The van der Waals surface area contributed by atoms with Gasteiger partial charge in [-0.3, -0.25) is 0 Å². The van der Waals surface area contributed by atoms with E-state index in [1.165, 1.54) is 19.3 Å². The van der Waals surface area contributed by atoms with Gasteiger partial charge < -0.3 is 14.4 Å². The average Bonchev–Trinajstić information content (AvgIpc) is 3.07. The molecular weight excluding hydrogens is 418 g/mol. The first-order chi connectivity index (χ1) is 13.5. The van der Waals surface area contributed by atoms with Crippen molar-refractivity contribution in [2.45, 2.75) is 46.0 Å². The zero-order chi connectivity index (χ0) is 20.1. The summed E-state index contributed by atoms with van der Waals surface area (Å²) in [5.74, 6) is 1.41. The number of aryl methyl sites for hydroxylation is 2. The molecule has 0 unspecified atom stereocenters. The zero-order valence-electron chi connectivity index (χ0n) is 16.6. The molecule has 28 heavy (non-hydrogen) atoms. The Bertz CT molecular complexity index is 932. The Labute approximate surface area is 174 Å². The van der Waals surface area contributed by atoms with Crippen molar-refractivity contribution >= 4 is 15.9 Å². The van der Waals surface area contributed by atoms with Crippen molar-refractivity contribution in [3.63, 3.8) is 0 Å². The van der Waals surface area contributed by atoms with Crippen LogP contribution < -0.4 is 4.74 Å². The second-order valence-electron chi connectivity index (χ2n) is 6.97. The summed E-state index contributed by atoms with van der Waals surface area (Å²) in [7, 11) is 1.63. The molecule has 3 rings (SSSR count). The lowest BCUT2D eigenvalue weighted by atomic mass is 9.96. The fourth-order valence-corrected chi connectivity index (χ4v) is 3.70. The molecule has 2 aromatic carbocycles. The minimum atomic E-state index is 0.128. The van der Waals surface area contributed by atoms with E-state index in [2.05, 4.69) is 28.0 Å². The fraction of sp³-hybridized carbons (Fsp3) is 0.348. The molecule has 0 saturated heterocycles. The van der Waals surface area contributed by atoms with Gasteiger partial charge in [-0.2, -0.15) is 0 Å². The number of hydrogen-bond donors (Lipinski definition) is 1. The number of phenolic OH excluding ortho intramolecular Hbond substituents is 1. The van der Waals surface area contributed by atoms with Crippen LogP contribution in [0.4, 0.5) is 0 Å². The maximum Gasteiger partial charge on any atom is 0.178 e. The number of benzene rings is 2. The summed E-state index contributed by atoms with van der Waals surface area (Å²) < 4.78 is 12.2. The Morgan fingerprint density at radius 3 is 2.54 bits per heavy atom. The van der Waals surface area contributed by atoms with Crippen LogP contribution in [0.1, 0.15) is 43.9 Å². The number of hydrogen-bond acceptors (Lipinski definition) is 4. The third-order valence-corrected chi connectivity index (χ3v) is 5.47. The molecule has 0 aliphatic carbocycles. The summed E-state index contributed by atoms with van der Waals surface area (Å²) in [6.07, 6.45) is 5.59. The normalized spacial score (nSPS) is 11.0. The van der Waals surface area contributed by atoms with E-state index in [4.69, 9.17) is 9.26 Å². The van der Waals surface area contributed by atoms with Gasteiger partial charge >= 0.3 is 0 Å². The number of ether oxygens (including phenoxy) is 1. The summed E-state index contributed by atoms with van der Waals surface area (Å²) in [5.41, 5.74) is 4.39. The number of rotatable bonds is 8. The Morgan fingerprint density at radius 2 is 1.86 bits per heavy atom. The van der Waals surface area contributed by atoms with E-state index in [1.807, 2.05) is 37.3 Å². The van der Waals surface area contributed by atoms with Crippen LogP contribution in [0.3, 0.4) is 0 Å². The Kier molecular flexibility index (Phi) is 6.79. The standard InChI is InChI=1S/C23H26BrNO3/c1-4-5-6-7-8-17-13-19(20(26)14-21(17)27-3)23-22(15(2)25-28-23)16-9-11-18(24)12-10-16/h9-14,26H,4-8H2,1-3H3. The fourth-order valence-electron chi connectivity index (χ4n) is 3.43. The van der Waals surface area contributed by atoms with Crippen LogP contribution in [0.25, 0.3) is 22.5 Å². The molecule has 0 aliphatic heterocycles. The summed E-state index contributed by atoms with van der Waals surface area (Å²) in [5, 5.41) is 14.8. The quantitative estimate of drug-likeness (QED) is 0.383. The third-order valence-electron chi connectivity index (χ3n) is 4.94. The lowest BCUT2D eigenvalue weighted by Gasteiger charge is -2.13. The van der Waals surface area contributed by atoms with Crippen molar-refractivity contribution < 1.29 is 14.4 Å². The van der Waals surface area contributed by atoms with Crippen molar-refractivity contribution in [1.82, 2.24) is 5.16 Å².